The maximum atomic E-state index is 14.3. The van der Waals surface area contributed by atoms with Crippen molar-refractivity contribution in [1.29, 1.82) is 0 Å². The average Bonchev–Trinajstić information content (AvgIpc) is 3.35. The monoisotopic (exact) mass is 383 g/mol. The van der Waals surface area contributed by atoms with E-state index in [-0.39, 0.29) is 17.8 Å². The highest BCUT2D eigenvalue weighted by molar-refractivity contribution is 5.93. The van der Waals surface area contributed by atoms with E-state index >= 15 is 0 Å². The fourth-order valence-corrected chi connectivity index (χ4v) is 3.86. The number of hydrogen-bond acceptors (Lipinski definition) is 5. The maximum Gasteiger partial charge on any atom is 0.224 e. The minimum absolute atomic E-state index is 0.154. The Bertz CT molecular complexity index is 1230. The van der Waals surface area contributed by atoms with Crippen LogP contribution in [0.3, 0.4) is 0 Å². The molecule has 0 aliphatic heterocycles. The zero-order valence-corrected chi connectivity index (χ0v) is 15.0. The number of halogens is 1. The van der Waals surface area contributed by atoms with E-state index in [0.29, 0.717) is 30.0 Å². The molecule has 2 N–H and O–H groups in total. The third-order valence-corrected chi connectivity index (χ3v) is 5.36. The molecular weight excluding hydrogens is 359 g/mol. The quantitative estimate of drug-likeness (QED) is 0.561. The number of pyridine rings is 1. The molecule has 4 aromatic rings. The second-order valence-corrected chi connectivity index (χ2v) is 7.13. The number of nitrogens with zero attached hydrogens (tertiary/aromatic N) is 4. The van der Waals surface area contributed by atoms with E-state index in [9.17, 15) is 4.39 Å². The number of aromatic nitrogens is 5. The first-order valence-corrected chi connectivity index (χ1v) is 9.27. The molecule has 0 aromatic carbocycles. The molecule has 5 rings (SSSR count). The number of methoxy groups -OCH3 is 1. The molecule has 4 aromatic heterocycles. The number of anilines is 1. The van der Waals surface area contributed by atoms with Crippen molar-refractivity contribution in [3.05, 3.63) is 42.9 Å². The van der Waals surface area contributed by atoms with E-state index in [1.165, 1.54) is 6.07 Å². The zero-order valence-electron chi connectivity index (χ0n) is 18.0. The molecule has 1 aliphatic rings. The fourth-order valence-electron chi connectivity index (χ4n) is 3.86. The Balaban J connectivity index is 1.32. The second kappa shape index (κ2) is 6.87. The Hall–Kier alpha value is -3.00. The van der Waals surface area contributed by atoms with Gasteiger partial charge in [-0.15, -0.1) is 0 Å². The summed E-state index contributed by atoms with van der Waals surface area (Å²) >= 11 is 0. The minimum Gasteiger partial charge on any atom is -0.381 e. The molecule has 4 heterocycles. The van der Waals surface area contributed by atoms with Crippen molar-refractivity contribution in [3.63, 3.8) is 0 Å². The SMILES string of the molecule is [2H]C([2H])([2H])OC1CCC(Nc2ncc3c(-c4cc(F)c5nccn5c4)c[nH]c3n2)CC1. The lowest BCUT2D eigenvalue weighted by Gasteiger charge is -2.28. The molecule has 144 valence electrons. The van der Waals surface area contributed by atoms with Gasteiger partial charge in [-0.3, -0.25) is 0 Å². The van der Waals surface area contributed by atoms with Gasteiger partial charge >= 0.3 is 0 Å². The lowest BCUT2D eigenvalue weighted by Crippen LogP contribution is -2.29. The topological polar surface area (TPSA) is 80.1 Å². The van der Waals surface area contributed by atoms with Gasteiger partial charge in [-0.2, -0.15) is 4.98 Å². The van der Waals surface area contributed by atoms with Gasteiger partial charge in [0.2, 0.25) is 5.95 Å². The molecule has 0 bridgehead atoms. The summed E-state index contributed by atoms with van der Waals surface area (Å²) < 4.78 is 42.8. The van der Waals surface area contributed by atoms with E-state index in [4.69, 9.17) is 8.85 Å². The van der Waals surface area contributed by atoms with Crippen molar-refractivity contribution in [3.8, 4) is 11.1 Å². The number of rotatable bonds is 4. The highest BCUT2D eigenvalue weighted by Gasteiger charge is 2.21. The number of H-pyrrole nitrogens is 1. The first kappa shape index (κ1) is 14.1. The molecule has 0 unspecified atom stereocenters. The summed E-state index contributed by atoms with van der Waals surface area (Å²) in [6.45, 7) is 0. The number of nitrogens with one attached hydrogen (secondary N) is 2. The van der Waals surface area contributed by atoms with Gasteiger partial charge in [0.15, 0.2) is 11.5 Å². The molecule has 28 heavy (non-hydrogen) atoms. The number of fused-ring (bicyclic) bond motifs is 2. The van der Waals surface area contributed by atoms with E-state index in [0.717, 1.165) is 23.8 Å². The van der Waals surface area contributed by atoms with Crippen LogP contribution in [0.4, 0.5) is 10.3 Å². The van der Waals surface area contributed by atoms with Crippen molar-refractivity contribution in [2.75, 3.05) is 12.4 Å². The second-order valence-electron chi connectivity index (χ2n) is 7.13. The third-order valence-electron chi connectivity index (χ3n) is 5.36. The van der Waals surface area contributed by atoms with E-state index in [1.807, 2.05) is 6.20 Å². The lowest BCUT2D eigenvalue weighted by molar-refractivity contribution is 0.0681. The maximum absolute atomic E-state index is 14.3. The van der Waals surface area contributed by atoms with Crippen molar-refractivity contribution in [2.45, 2.75) is 37.8 Å². The van der Waals surface area contributed by atoms with E-state index in [2.05, 4.69) is 25.3 Å². The van der Waals surface area contributed by atoms with Crippen molar-refractivity contribution < 1.29 is 13.2 Å². The van der Waals surface area contributed by atoms with Crippen LogP contribution in [-0.4, -0.2) is 43.5 Å². The van der Waals surface area contributed by atoms with Crippen LogP contribution in [0.15, 0.2) is 37.1 Å². The van der Waals surface area contributed by atoms with Crippen LogP contribution in [0, 0.1) is 5.82 Å². The number of hydrogen-bond donors (Lipinski definition) is 2. The Labute approximate surface area is 165 Å². The number of aromatic amines is 1. The first-order chi connectivity index (χ1) is 14.9. The lowest BCUT2D eigenvalue weighted by atomic mass is 9.93. The first-order valence-electron chi connectivity index (χ1n) is 10.8. The molecular formula is C20H21FN6O. The van der Waals surface area contributed by atoms with Crippen molar-refractivity contribution in [1.82, 2.24) is 24.3 Å². The van der Waals surface area contributed by atoms with Gasteiger partial charge in [-0.05, 0) is 31.7 Å². The summed E-state index contributed by atoms with van der Waals surface area (Å²) in [6, 6.07) is 1.61. The summed E-state index contributed by atoms with van der Waals surface area (Å²) in [5.41, 5.74) is 2.44. The largest absolute Gasteiger partial charge is 0.381 e. The Morgan fingerprint density at radius 2 is 2.21 bits per heavy atom. The predicted molar refractivity (Wildman–Crippen MR) is 105 cm³/mol. The number of ether oxygens (including phenoxy) is 1. The molecule has 0 amide bonds. The highest BCUT2D eigenvalue weighted by Crippen LogP contribution is 2.29. The zero-order chi connectivity index (χ0) is 21.6. The van der Waals surface area contributed by atoms with Gasteiger partial charge in [-0.1, -0.05) is 0 Å². The van der Waals surface area contributed by atoms with Crippen LogP contribution in [0.5, 0.6) is 0 Å². The van der Waals surface area contributed by atoms with Gasteiger partial charge in [-0.25, -0.2) is 14.4 Å². The van der Waals surface area contributed by atoms with Gasteiger partial charge < -0.3 is 19.4 Å². The standard InChI is InChI=1S/C20H21FN6O/c1-28-14-4-2-13(3-5-14)25-20-24-10-16-15(9-23-18(16)26-20)12-8-17(21)19-22-6-7-27(19)11-12/h6-11,13-14H,2-5H2,1H3,(H2,23,24,25,26)/i1D3. The molecule has 0 saturated heterocycles. The smallest absolute Gasteiger partial charge is 0.224 e. The number of imidazole rings is 1. The fraction of sp³-hybridized carbons (Fsp3) is 0.350. The summed E-state index contributed by atoms with van der Waals surface area (Å²) in [4.78, 5) is 16.1. The van der Waals surface area contributed by atoms with Crippen molar-refractivity contribution in [2.24, 2.45) is 0 Å². The molecule has 0 spiro atoms. The molecule has 1 aliphatic carbocycles. The van der Waals surface area contributed by atoms with Crippen LogP contribution in [0.25, 0.3) is 27.8 Å². The van der Waals surface area contributed by atoms with Crippen LogP contribution in [-0.2, 0) is 4.74 Å². The van der Waals surface area contributed by atoms with Gasteiger partial charge in [0.1, 0.15) is 5.65 Å². The van der Waals surface area contributed by atoms with Gasteiger partial charge in [0, 0.05) is 60.6 Å². The molecule has 0 atom stereocenters. The van der Waals surface area contributed by atoms with Crippen LogP contribution in [0.1, 0.15) is 29.8 Å². The van der Waals surface area contributed by atoms with Crippen LogP contribution >= 0.6 is 0 Å². The normalized spacial score (nSPS) is 22.1. The Morgan fingerprint density at radius 3 is 3.07 bits per heavy atom. The molecule has 1 fully saturated rings. The van der Waals surface area contributed by atoms with E-state index in [1.54, 1.807) is 29.2 Å². The summed E-state index contributed by atoms with van der Waals surface area (Å²) in [7, 11) is -2.35. The third kappa shape index (κ3) is 2.99. The average molecular weight is 383 g/mol. The van der Waals surface area contributed by atoms with Crippen molar-refractivity contribution >= 4 is 22.6 Å². The Morgan fingerprint density at radius 1 is 1.32 bits per heavy atom. The molecule has 1 saturated carbocycles. The minimum atomic E-state index is -2.35. The van der Waals surface area contributed by atoms with Gasteiger partial charge in [0.05, 0.1) is 10.2 Å². The van der Waals surface area contributed by atoms with Gasteiger partial charge in [0.25, 0.3) is 0 Å². The predicted octanol–water partition coefficient (Wildman–Crippen LogP) is 3.78. The summed E-state index contributed by atoms with van der Waals surface area (Å²) in [5, 5.41) is 4.12. The summed E-state index contributed by atoms with van der Waals surface area (Å²) in [6.07, 6.45) is 11.3. The summed E-state index contributed by atoms with van der Waals surface area (Å²) in [5.74, 6) is 0.103. The van der Waals surface area contributed by atoms with Crippen LogP contribution < -0.4 is 5.32 Å². The molecule has 0 radical (unpaired) electrons. The molecule has 7 nitrogen and oxygen atoms in total. The van der Waals surface area contributed by atoms with Crippen LogP contribution in [0.2, 0.25) is 0 Å². The highest BCUT2D eigenvalue weighted by atomic mass is 19.1. The Kier molecular flexibility index (Phi) is 3.45. The molecule has 8 heteroatoms. The van der Waals surface area contributed by atoms with E-state index < -0.39 is 12.9 Å².